The van der Waals surface area contributed by atoms with E-state index in [1.165, 1.54) is 0 Å². The zero-order chi connectivity index (χ0) is 12.8. The van der Waals surface area contributed by atoms with Crippen molar-refractivity contribution in [3.05, 3.63) is 48.1 Å². The van der Waals surface area contributed by atoms with E-state index in [0.717, 1.165) is 35.1 Å². The normalized spacial score (nSPS) is 11.3. The molecule has 0 unspecified atom stereocenters. The van der Waals surface area contributed by atoms with Crippen LogP contribution in [0.2, 0.25) is 0 Å². The molecular weight excluding hydrogens is 208 g/mol. The summed E-state index contributed by atoms with van der Waals surface area (Å²) in [5, 5.41) is 9.99. The van der Waals surface area contributed by atoms with Crippen LogP contribution in [0, 0.1) is 0 Å². The van der Waals surface area contributed by atoms with Crippen molar-refractivity contribution >= 4 is 17.7 Å². The van der Waals surface area contributed by atoms with Crippen molar-refractivity contribution in [3.8, 4) is 5.75 Å². The summed E-state index contributed by atoms with van der Waals surface area (Å²) in [7, 11) is 0. The predicted molar refractivity (Wildman–Crippen MR) is 76.8 cm³/mol. The predicted octanol–water partition coefficient (Wildman–Crippen LogP) is 4.88. The third-order valence-electron chi connectivity index (χ3n) is 2.81. The van der Waals surface area contributed by atoms with Crippen molar-refractivity contribution < 1.29 is 5.11 Å². The van der Waals surface area contributed by atoms with Gasteiger partial charge in [0.25, 0.3) is 0 Å². The third kappa shape index (κ3) is 2.88. The van der Waals surface area contributed by atoms with Gasteiger partial charge in [-0.05, 0) is 36.1 Å². The fourth-order valence-corrected chi connectivity index (χ4v) is 1.90. The average molecular weight is 228 g/mol. The summed E-state index contributed by atoms with van der Waals surface area (Å²) in [4.78, 5) is 0. The summed E-state index contributed by atoms with van der Waals surface area (Å²) >= 11 is 0. The Hall–Kier alpha value is -1.76. The van der Waals surface area contributed by atoms with Crippen molar-refractivity contribution in [2.45, 2.75) is 26.7 Å². The smallest absolute Gasteiger partial charge is 0.123 e. The van der Waals surface area contributed by atoms with Gasteiger partial charge in [-0.15, -0.1) is 0 Å². The maximum atomic E-state index is 9.99. The number of hydrogen-bond donors (Lipinski definition) is 1. The summed E-state index contributed by atoms with van der Waals surface area (Å²) in [6, 6.07) is 3.57. The molecule has 0 aliphatic carbocycles. The molecule has 0 heterocycles. The van der Waals surface area contributed by atoms with Crippen molar-refractivity contribution in [2.24, 2.45) is 0 Å². The molecule has 0 radical (unpaired) electrons. The minimum absolute atomic E-state index is 0.301. The number of rotatable bonds is 5. The zero-order valence-corrected chi connectivity index (χ0v) is 10.7. The van der Waals surface area contributed by atoms with Crippen LogP contribution in [-0.4, -0.2) is 5.11 Å². The highest BCUT2D eigenvalue weighted by Gasteiger charge is 2.10. The van der Waals surface area contributed by atoms with Crippen LogP contribution in [0.4, 0.5) is 0 Å². The molecule has 17 heavy (non-hydrogen) atoms. The lowest BCUT2D eigenvalue weighted by atomic mass is 9.94. The van der Waals surface area contributed by atoms with Crippen LogP contribution in [0.1, 0.15) is 43.4 Å². The molecule has 1 nitrogen and oxygen atoms in total. The Kier molecular flexibility index (Phi) is 4.77. The van der Waals surface area contributed by atoms with Crippen LogP contribution in [0.15, 0.2) is 31.4 Å². The van der Waals surface area contributed by atoms with Gasteiger partial charge in [0.15, 0.2) is 0 Å². The minimum atomic E-state index is 0.301. The van der Waals surface area contributed by atoms with Gasteiger partial charge in [-0.1, -0.05) is 50.8 Å². The van der Waals surface area contributed by atoms with Crippen LogP contribution in [-0.2, 0) is 0 Å². The summed E-state index contributed by atoms with van der Waals surface area (Å²) in [6.45, 7) is 11.8. The fourth-order valence-electron chi connectivity index (χ4n) is 1.90. The summed E-state index contributed by atoms with van der Waals surface area (Å²) < 4.78 is 0. The van der Waals surface area contributed by atoms with E-state index >= 15 is 0 Å². The quantitative estimate of drug-likeness (QED) is 0.761. The summed E-state index contributed by atoms with van der Waals surface area (Å²) in [6.07, 6.45) is 7.82. The number of benzene rings is 1. The van der Waals surface area contributed by atoms with Crippen molar-refractivity contribution in [2.75, 3.05) is 0 Å². The second-order valence-electron chi connectivity index (χ2n) is 4.05. The molecule has 0 atom stereocenters. The molecule has 1 aromatic carbocycles. The van der Waals surface area contributed by atoms with Gasteiger partial charge < -0.3 is 5.11 Å². The molecule has 0 saturated carbocycles. The molecule has 0 saturated heterocycles. The first-order valence-corrected chi connectivity index (χ1v) is 5.93. The maximum absolute atomic E-state index is 9.99. The first-order chi connectivity index (χ1) is 8.15. The molecular formula is C16H20O. The van der Waals surface area contributed by atoms with Gasteiger partial charge in [0, 0.05) is 5.56 Å². The van der Waals surface area contributed by atoms with E-state index in [4.69, 9.17) is 0 Å². The molecule has 90 valence electrons. The molecule has 0 aliphatic heterocycles. The van der Waals surface area contributed by atoms with Crippen LogP contribution in [0.25, 0.3) is 17.7 Å². The summed E-state index contributed by atoms with van der Waals surface area (Å²) in [5.74, 6) is 0.301. The van der Waals surface area contributed by atoms with Gasteiger partial charge in [0.1, 0.15) is 5.75 Å². The molecule has 0 bridgehead atoms. The number of phenolic OH excluding ortho intramolecular Hbond substituents is 1. The van der Waals surface area contributed by atoms with Crippen LogP contribution < -0.4 is 0 Å². The molecule has 1 N–H and O–H groups in total. The van der Waals surface area contributed by atoms with Gasteiger partial charge in [0.2, 0.25) is 0 Å². The molecule has 1 rings (SSSR count). The van der Waals surface area contributed by atoms with Gasteiger partial charge in [-0.2, -0.15) is 0 Å². The number of allylic oxidation sites excluding steroid dienone is 2. The second-order valence-corrected chi connectivity index (χ2v) is 4.05. The largest absolute Gasteiger partial charge is 0.507 e. The summed E-state index contributed by atoms with van der Waals surface area (Å²) in [5.41, 5.74) is 3.90. The number of phenols is 1. The first-order valence-electron chi connectivity index (χ1n) is 5.93. The molecule has 0 fully saturated rings. The lowest BCUT2D eigenvalue weighted by molar-refractivity contribution is 0.473. The van der Waals surface area contributed by atoms with Crippen LogP contribution in [0.5, 0.6) is 5.75 Å². The molecule has 1 aromatic rings. The maximum Gasteiger partial charge on any atom is 0.123 e. The van der Waals surface area contributed by atoms with Crippen LogP contribution >= 0.6 is 0 Å². The number of hydrogen-bond acceptors (Lipinski definition) is 1. The second kappa shape index (κ2) is 6.09. The van der Waals surface area contributed by atoms with E-state index in [9.17, 15) is 5.11 Å². The van der Waals surface area contributed by atoms with E-state index in [-0.39, 0.29) is 0 Å². The third-order valence-corrected chi connectivity index (χ3v) is 2.81. The number of unbranched alkanes of at least 4 members (excludes halogenated alkanes) is 1. The molecule has 0 aliphatic rings. The van der Waals surface area contributed by atoms with Gasteiger partial charge >= 0.3 is 0 Å². The monoisotopic (exact) mass is 228 g/mol. The van der Waals surface area contributed by atoms with E-state index in [0.29, 0.717) is 5.75 Å². The SMILES string of the molecule is C=Cc1ccc(O)c(/C(C)=C\CCC)c1C=C. The van der Waals surface area contributed by atoms with E-state index < -0.39 is 0 Å². The number of aromatic hydroxyl groups is 1. The first kappa shape index (κ1) is 13.3. The standard InChI is InChI=1S/C16H20O/c1-5-8-9-12(4)16-14(7-3)13(6-2)10-11-15(16)17/h6-7,9-11,17H,2-3,5,8H2,1,4H3/b12-9-. The van der Waals surface area contributed by atoms with Crippen molar-refractivity contribution in [1.82, 2.24) is 0 Å². The molecule has 0 aromatic heterocycles. The van der Waals surface area contributed by atoms with E-state index in [1.54, 1.807) is 18.2 Å². The Labute approximate surface area is 104 Å². The van der Waals surface area contributed by atoms with E-state index in [1.807, 2.05) is 13.0 Å². The molecule has 0 spiro atoms. The molecule has 1 heteroatoms. The lowest BCUT2D eigenvalue weighted by Crippen LogP contribution is -1.91. The van der Waals surface area contributed by atoms with Crippen molar-refractivity contribution in [1.29, 1.82) is 0 Å². The van der Waals surface area contributed by atoms with Gasteiger partial charge in [-0.3, -0.25) is 0 Å². The van der Waals surface area contributed by atoms with Gasteiger partial charge in [0.05, 0.1) is 0 Å². The fraction of sp³-hybridized carbons (Fsp3) is 0.250. The zero-order valence-electron chi connectivity index (χ0n) is 10.7. The molecule has 0 amide bonds. The minimum Gasteiger partial charge on any atom is -0.507 e. The van der Waals surface area contributed by atoms with Gasteiger partial charge in [-0.25, -0.2) is 0 Å². The Morgan fingerprint density at radius 2 is 2.00 bits per heavy atom. The Bertz CT molecular complexity index is 453. The highest BCUT2D eigenvalue weighted by molar-refractivity contribution is 5.81. The highest BCUT2D eigenvalue weighted by atomic mass is 16.3. The lowest BCUT2D eigenvalue weighted by Gasteiger charge is -2.12. The Morgan fingerprint density at radius 1 is 1.29 bits per heavy atom. The Morgan fingerprint density at radius 3 is 2.53 bits per heavy atom. The van der Waals surface area contributed by atoms with Crippen molar-refractivity contribution in [3.63, 3.8) is 0 Å². The average Bonchev–Trinajstić information content (AvgIpc) is 2.35. The topological polar surface area (TPSA) is 20.2 Å². The highest BCUT2D eigenvalue weighted by Crippen LogP contribution is 2.32. The Balaban J connectivity index is 3.39. The van der Waals surface area contributed by atoms with Crippen LogP contribution in [0.3, 0.4) is 0 Å². The van der Waals surface area contributed by atoms with E-state index in [2.05, 4.69) is 26.2 Å².